The second-order valence-corrected chi connectivity index (χ2v) is 6.32. The number of ether oxygens (including phenoxy) is 3. The van der Waals surface area contributed by atoms with E-state index in [1.807, 2.05) is 13.8 Å². The zero-order chi connectivity index (χ0) is 16.3. The number of cyclic esters (lactones) is 1. The fourth-order valence-electron chi connectivity index (χ4n) is 2.10. The van der Waals surface area contributed by atoms with Crippen LogP contribution in [0, 0.1) is 5.41 Å². The first-order valence-electron chi connectivity index (χ1n) is 7.13. The van der Waals surface area contributed by atoms with Gasteiger partial charge in [0.05, 0.1) is 0 Å². The van der Waals surface area contributed by atoms with Gasteiger partial charge in [0.1, 0.15) is 12.4 Å². The smallest absolute Gasteiger partial charge is 0.348 e. The highest BCUT2D eigenvalue weighted by Crippen LogP contribution is 2.31. The van der Waals surface area contributed by atoms with Crippen LogP contribution in [-0.2, 0) is 19.1 Å². The molecule has 0 spiro atoms. The van der Waals surface area contributed by atoms with Crippen molar-refractivity contribution in [2.45, 2.75) is 39.4 Å². The van der Waals surface area contributed by atoms with Crippen molar-refractivity contribution in [2.24, 2.45) is 5.41 Å². The van der Waals surface area contributed by atoms with Gasteiger partial charge in [-0.1, -0.05) is 32.4 Å². The normalized spacial score (nSPS) is 21.1. The maximum absolute atomic E-state index is 12.3. The lowest BCUT2D eigenvalue weighted by Gasteiger charge is -2.24. The fraction of sp³-hybridized carbons (Fsp3) is 0.500. The highest BCUT2D eigenvalue weighted by molar-refractivity contribution is 6.30. The summed E-state index contributed by atoms with van der Waals surface area (Å²) in [4.78, 5) is 23.9. The van der Waals surface area contributed by atoms with E-state index in [0.717, 1.165) is 0 Å². The Balaban J connectivity index is 2.02. The van der Waals surface area contributed by atoms with E-state index in [1.165, 1.54) is 0 Å². The Morgan fingerprint density at radius 3 is 2.55 bits per heavy atom. The Labute approximate surface area is 134 Å². The molecule has 120 valence electrons. The van der Waals surface area contributed by atoms with Gasteiger partial charge in [0.15, 0.2) is 6.10 Å². The van der Waals surface area contributed by atoms with Gasteiger partial charge < -0.3 is 14.2 Å². The minimum Gasteiger partial charge on any atom is -0.479 e. The van der Waals surface area contributed by atoms with Gasteiger partial charge >= 0.3 is 11.9 Å². The minimum atomic E-state index is -0.900. The third-order valence-electron chi connectivity index (χ3n) is 3.47. The van der Waals surface area contributed by atoms with Crippen LogP contribution in [-0.4, -0.2) is 30.8 Å². The molecule has 1 aromatic carbocycles. The van der Waals surface area contributed by atoms with Crippen LogP contribution in [0.2, 0.25) is 5.02 Å². The van der Waals surface area contributed by atoms with Gasteiger partial charge in [-0.3, -0.25) is 0 Å². The summed E-state index contributed by atoms with van der Waals surface area (Å²) in [6, 6.07) is 6.69. The van der Waals surface area contributed by atoms with Crippen LogP contribution in [0.25, 0.3) is 0 Å². The third kappa shape index (κ3) is 3.71. The molecule has 1 heterocycles. The minimum absolute atomic E-state index is 0.235. The molecule has 0 bridgehead atoms. The first kappa shape index (κ1) is 16.6. The van der Waals surface area contributed by atoms with Gasteiger partial charge in [-0.25, -0.2) is 9.59 Å². The fourth-order valence-corrected chi connectivity index (χ4v) is 2.23. The largest absolute Gasteiger partial charge is 0.479 e. The van der Waals surface area contributed by atoms with Crippen LogP contribution in [0.4, 0.5) is 0 Å². The van der Waals surface area contributed by atoms with Crippen LogP contribution in [0.5, 0.6) is 5.75 Å². The summed E-state index contributed by atoms with van der Waals surface area (Å²) in [7, 11) is 0. The molecule has 5 nitrogen and oxygen atoms in total. The lowest BCUT2D eigenvalue weighted by molar-refractivity contribution is -0.168. The first-order chi connectivity index (χ1) is 10.3. The molecular weight excluding hydrogens is 308 g/mol. The Kier molecular flexibility index (Phi) is 4.96. The maximum Gasteiger partial charge on any atom is 0.348 e. The second-order valence-electron chi connectivity index (χ2n) is 5.88. The molecule has 1 aromatic rings. The van der Waals surface area contributed by atoms with E-state index in [1.54, 1.807) is 31.2 Å². The van der Waals surface area contributed by atoms with Crippen molar-refractivity contribution >= 4 is 23.5 Å². The van der Waals surface area contributed by atoms with E-state index in [2.05, 4.69) is 0 Å². The topological polar surface area (TPSA) is 61.8 Å². The predicted molar refractivity (Wildman–Crippen MR) is 80.8 cm³/mol. The highest BCUT2D eigenvalue weighted by atomic mass is 35.5. The molecule has 1 aliphatic rings. The Morgan fingerprint density at radius 2 is 2.05 bits per heavy atom. The van der Waals surface area contributed by atoms with Gasteiger partial charge in [-0.05, 0) is 30.7 Å². The van der Waals surface area contributed by atoms with Crippen molar-refractivity contribution in [3.63, 3.8) is 0 Å². The zero-order valence-corrected chi connectivity index (χ0v) is 13.6. The average Bonchev–Trinajstić information content (AvgIpc) is 2.73. The quantitative estimate of drug-likeness (QED) is 0.778. The maximum atomic E-state index is 12.3. The van der Waals surface area contributed by atoms with E-state index in [0.29, 0.717) is 17.2 Å². The van der Waals surface area contributed by atoms with Crippen LogP contribution in [0.15, 0.2) is 24.3 Å². The summed E-state index contributed by atoms with van der Waals surface area (Å²) in [6.45, 7) is 5.67. The molecule has 0 amide bonds. The molecule has 0 aliphatic carbocycles. The molecule has 22 heavy (non-hydrogen) atoms. The van der Waals surface area contributed by atoms with E-state index >= 15 is 0 Å². The number of rotatable bonds is 5. The van der Waals surface area contributed by atoms with Gasteiger partial charge in [-0.2, -0.15) is 0 Å². The van der Waals surface area contributed by atoms with Crippen LogP contribution < -0.4 is 4.74 Å². The molecule has 0 saturated carbocycles. The number of carbonyl (C=O) groups is 2. The van der Waals surface area contributed by atoms with Gasteiger partial charge in [0, 0.05) is 10.4 Å². The van der Waals surface area contributed by atoms with Crippen molar-refractivity contribution in [3.8, 4) is 5.75 Å². The van der Waals surface area contributed by atoms with E-state index in [9.17, 15) is 9.59 Å². The first-order valence-corrected chi connectivity index (χ1v) is 7.50. The van der Waals surface area contributed by atoms with Crippen molar-refractivity contribution in [1.82, 2.24) is 0 Å². The van der Waals surface area contributed by atoms with Crippen molar-refractivity contribution in [3.05, 3.63) is 29.3 Å². The molecule has 1 saturated heterocycles. The second kappa shape index (κ2) is 6.57. The van der Waals surface area contributed by atoms with Gasteiger partial charge in [-0.15, -0.1) is 0 Å². The van der Waals surface area contributed by atoms with Crippen LogP contribution in [0.1, 0.15) is 27.2 Å². The highest BCUT2D eigenvalue weighted by Gasteiger charge is 2.47. The molecule has 0 unspecified atom stereocenters. The number of benzene rings is 1. The molecule has 0 radical (unpaired) electrons. The van der Waals surface area contributed by atoms with Crippen LogP contribution >= 0.6 is 11.6 Å². The van der Waals surface area contributed by atoms with Gasteiger partial charge in [0.2, 0.25) is 6.10 Å². The molecular formula is C16H19ClO5. The molecule has 0 aromatic heterocycles. The standard InChI is InChI=1S/C16H19ClO5/c1-4-12(21-11-7-5-10(17)6-8-11)14(18)22-13-15(19)20-9-16(13,2)3/h5-8,12-13H,4,9H2,1-3H3/t12-,13-/m0/s1. The number of carbonyl (C=O) groups excluding carboxylic acids is 2. The summed E-state index contributed by atoms with van der Waals surface area (Å²) in [6.07, 6.45) is -1.27. The SMILES string of the molecule is CC[C@H](Oc1ccc(Cl)cc1)C(=O)O[C@H]1C(=O)OCC1(C)C. The molecule has 2 atom stereocenters. The molecule has 6 heteroatoms. The van der Waals surface area contributed by atoms with Crippen molar-refractivity contribution in [1.29, 1.82) is 0 Å². The molecule has 2 rings (SSSR count). The molecule has 0 N–H and O–H groups in total. The summed E-state index contributed by atoms with van der Waals surface area (Å²) < 4.78 is 15.9. The number of esters is 2. The summed E-state index contributed by atoms with van der Waals surface area (Å²) in [5, 5.41) is 0.582. The summed E-state index contributed by atoms with van der Waals surface area (Å²) in [5.74, 6) is -0.574. The lowest BCUT2D eigenvalue weighted by Crippen LogP contribution is -2.39. The Morgan fingerprint density at radius 1 is 1.41 bits per heavy atom. The van der Waals surface area contributed by atoms with Crippen LogP contribution in [0.3, 0.4) is 0 Å². The van der Waals surface area contributed by atoms with E-state index in [-0.39, 0.29) is 6.61 Å². The van der Waals surface area contributed by atoms with Gasteiger partial charge in [0.25, 0.3) is 0 Å². The number of halogens is 1. The number of hydrogen-bond acceptors (Lipinski definition) is 5. The molecule has 1 fully saturated rings. The monoisotopic (exact) mass is 326 g/mol. The summed E-state index contributed by atoms with van der Waals surface area (Å²) in [5.41, 5.74) is -0.536. The van der Waals surface area contributed by atoms with E-state index in [4.69, 9.17) is 25.8 Å². The average molecular weight is 327 g/mol. The van der Waals surface area contributed by atoms with Crippen molar-refractivity contribution < 1.29 is 23.8 Å². The zero-order valence-electron chi connectivity index (χ0n) is 12.8. The van der Waals surface area contributed by atoms with Crippen molar-refractivity contribution in [2.75, 3.05) is 6.61 Å². The lowest BCUT2D eigenvalue weighted by atomic mass is 9.90. The predicted octanol–water partition coefficient (Wildman–Crippen LogP) is 2.99. The summed E-state index contributed by atoms with van der Waals surface area (Å²) >= 11 is 5.81. The van der Waals surface area contributed by atoms with E-state index < -0.39 is 29.6 Å². The Bertz CT molecular complexity index is 552. The number of hydrogen-bond donors (Lipinski definition) is 0. The third-order valence-corrected chi connectivity index (χ3v) is 3.72. The Hall–Kier alpha value is -1.75. The molecule has 1 aliphatic heterocycles.